The summed E-state index contributed by atoms with van der Waals surface area (Å²) >= 11 is 0. The van der Waals surface area contributed by atoms with Crippen LogP contribution in [0.5, 0.6) is 5.75 Å². The van der Waals surface area contributed by atoms with Crippen LogP contribution in [-0.2, 0) is 4.74 Å². The minimum Gasteiger partial charge on any atom is -0.497 e. The molecule has 2 rings (SSSR count). The van der Waals surface area contributed by atoms with Crippen molar-refractivity contribution in [1.82, 2.24) is 4.98 Å². The summed E-state index contributed by atoms with van der Waals surface area (Å²) in [6.45, 7) is 3.93. The number of benzene rings is 1. The quantitative estimate of drug-likeness (QED) is 0.780. The van der Waals surface area contributed by atoms with Gasteiger partial charge in [-0.1, -0.05) is 0 Å². The Balaban J connectivity index is 2.67. The number of esters is 1. The largest absolute Gasteiger partial charge is 0.497 e. The molecule has 0 aliphatic carbocycles. The van der Waals surface area contributed by atoms with Gasteiger partial charge in [0.2, 0.25) is 0 Å². The van der Waals surface area contributed by atoms with E-state index < -0.39 is 0 Å². The van der Waals surface area contributed by atoms with E-state index in [4.69, 9.17) is 9.47 Å². The maximum atomic E-state index is 12.0. The molecule has 0 amide bonds. The Bertz CT molecular complexity index is 593. The van der Waals surface area contributed by atoms with Crippen LogP contribution in [0.15, 0.2) is 24.4 Å². The average Bonchev–Trinajstić information content (AvgIpc) is 2.38. The first-order valence-electron chi connectivity index (χ1n) is 5.77. The molecule has 1 heterocycles. The van der Waals surface area contributed by atoms with Gasteiger partial charge in [0.15, 0.2) is 0 Å². The molecule has 0 unspecified atom stereocenters. The zero-order valence-corrected chi connectivity index (χ0v) is 10.7. The maximum absolute atomic E-state index is 12.0. The fourth-order valence-corrected chi connectivity index (χ4v) is 1.88. The first-order chi connectivity index (χ1) is 8.67. The summed E-state index contributed by atoms with van der Waals surface area (Å²) in [4.78, 5) is 16.2. The lowest BCUT2D eigenvalue weighted by atomic mass is 10.0. The van der Waals surface area contributed by atoms with E-state index in [0.29, 0.717) is 23.6 Å². The van der Waals surface area contributed by atoms with E-state index in [0.717, 1.165) is 10.8 Å². The number of ether oxygens (including phenoxy) is 2. The number of hydrogen-bond donors (Lipinski definition) is 0. The van der Waals surface area contributed by atoms with Gasteiger partial charge in [-0.05, 0) is 32.0 Å². The molecule has 0 radical (unpaired) electrons. The number of aromatic nitrogens is 1. The van der Waals surface area contributed by atoms with Gasteiger partial charge in [0.25, 0.3) is 0 Å². The summed E-state index contributed by atoms with van der Waals surface area (Å²) in [6.07, 6.45) is 1.74. The van der Waals surface area contributed by atoms with E-state index >= 15 is 0 Å². The van der Waals surface area contributed by atoms with E-state index in [9.17, 15) is 4.79 Å². The zero-order chi connectivity index (χ0) is 13.1. The number of aryl methyl sites for hydroxylation is 1. The van der Waals surface area contributed by atoms with Crippen molar-refractivity contribution in [3.8, 4) is 5.75 Å². The molecule has 0 N–H and O–H groups in total. The van der Waals surface area contributed by atoms with Crippen LogP contribution in [0.3, 0.4) is 0 Å². The first-order valence-corrected chi connectivity index (χ1v) is 5.77. The highest BCUT2D eigenvalue weighted by Crippen LogP contribution is 2.25. The Labute approximate surface area is 106 Å². The lowest BCUT2D eigenvalue weighted by molar-refractivity contribution is 0.0527. The molecule has 0 atom stereocenters. The van der Waals surface area contributed by atoms with Crippen LogP contribution < -0.4 is 4.74 Å². The molecule has 0 aliphatic heterocycles. The minimum atomic E-state index is -0.346. The number of pyridine rings is 1. The zero-order valence-electron chi connectivity index (χ0n) is 10.7. The predicted octanol–water partition coefficient (Wildman–Crippen LogP) is 2.73. The maximum Gasteiger partial charge on any atom is 0.340 e. The molecule has 1 aromatic heterocycles. The number of hydrogen-bond acceptors (Lipinski definition) is 4. The monoisotopic (exact) mass is 245 g/mol. The van der Waals surface area contributed by atoms with Crippen LogP contribution in [0, 0.1) is 6.92 Å². The third-order valence-corrected chi connectivity index (χ3v) is 2.77. The lowest BCUT2D eigenvalue weighted by Crippen LogP contribution is -2.08. The van der Waals surface area contributed by atoms with Crippen LogP contribution in [0.2, 0.25) is 0 Å². The Kier molecular flexibility index (Phi) is 3.46. The van der Waals surface area contributed by atoms with Gasteiger partial charge in [0.05, 0.1) is 25.0 Å². The summed E-state index contributed by atoms with van der Waals surface area (Å²) in [5.41, 5.74) is 1.17. The van der Waals surface area contributed by atoms with Crippen molar-refractivity contribution < 1.29 is 14.3 Å². The molecule has 18 heavy (non-hydrogen) atoms. The van der Waals surface area contributed by atoms with Crippen molar-refractivity contribution >= 4 is 16.7 Å². The van der Waals surface area contributed by atoms with Gasteiger partial charge in [-0.2, -0.15) is 0 Å². The second kappa shape index (κ2) is 5.04. The Morgan fingerprint density at radius 3 is 2.83 bits per heavy atom. The topological polar surface area (TPSA) is 48.4 Å². The van der Waals surface area contributed by atoms with Crippen LogP contribution >= 0.6 is 0 Å². The summed E-state index contributed by atoms with van der Waals surface area (Å²) < 4.78 is 10.3. The summed E-state index contributed by atoms with van der Waals surface area (Å²) in [7, 11) is 1.60. The lowest BCUT2D eigenvalue weighted by Gasteiger charge is -2.09. The van der Waals surface area contributed by atoms with E-state index in [1.54, 1.807) is 27.2 Å². The van der Waals surface area contributed by atoms with E-state index in [2.05, 4.69) is 4.98 Å². The molecule has 4 nitrogen and oxygen atoms in total. The van der Waals surface area contributed by atoms with Gasteiger partial charge < -0.3 is 9.47 Å². The molecule has 0 spiro atoms. The molecule has 0 fully saturated rings. The molecule has 0 saturated carbocycles. The molecular formula is C14H15NO3. The Hall–Kier alpha value is -2.10. The van der Waals surface area contributed by atoms with Crippen LogP contribution in [0.4, 0.5) is 0 Å². The third-order valence-electron chi connectivity index (χ3n) is 2.77. The third kappa shape index (κ3) is 2.14. The minimum absolute atomic E-state index is 0.346. The highest BCUT2D eigenvalue weighted by molar-refractivity contribution is 6.05. The van der Waals surface area contributed by atoms with Crippen molar-refractivity contribution in [1.29, 1.82) is 0 Å². The molecule has 0 saturated heterocycles. The normalized spacial score (nSPS) is 10.4. The van der Waals surface area contributed by atoms with Crippen molar-refractivity contribution in [2.24, 2.45) is 0 Å². The number of fused-ring (bicyclic) bond motifs is 1. The van der Waals surface area contributed by atoms with Crippen molar-refractivity contribution in [2.45, 2.75) is 13.8 Å². The van der Waals surface area contributed by atoms with Crippen molar-refractivity contribution in [3.63, 3.8) is 0 Å². The fourth-order valence-electron chi connectivity index (χ4n) is 1.88. The number of nitrogens with zero attached hydrogens (tertiary/aromatic N) is 1. The second-order valence-corrected chi connectivity index (χ2v) is 3.89. The van der Waals surface area contributed by atoms with Crippen LogP contribution in [-0.4, -0.2) is 24.7 Å². The van der Waals surface area contributed by atoms with Gasteiger partial charge in [0, 0.05) is 17.0 Å². The van der Waals surface area contributed by atoms with Crippen molar-refractivity contribution in [3.05, 3.63) is 35.7 Å². The summed E-state index contributed by atoms with van der Waals surface area (Å²) in [6, 6.07) is 5.55. The van der Waals surface area contributed by atoms with Gasteiger partial charge in [-0.25, -0.2) is 4.79 Å². The summed E-state index contributed by atoms with van der Waals surface area (Å²) in [5.74, 6) is 0.361. The second-order valence-electron chi connectivity index (χ2n) is 3.89. The molecule has 1 aromatic carbocycles. The van der Waals surface area contributed by atoms with Crippen LogP contribution in [0.1, 0.15) is 23.0 Å². The van der Waals surface area contributed by atoms with E-state index in [1.165, 1.54) is 0 Å². The molecule has 0 bridgehead atoms. The molecular weight excluding hydrogens is 230 g/mol. The molecule has 0 aliphatic rings. The number of rotatable bonds is 3. The Morgan fingerprint density at radius 1 is 1.39 bits per heavy atom. The smallest absolute Gasteiger partial charge is 0.340 e. The number of carbonyl (C=O) groups excluding carboxylic acids is 1. The van der Waals surface area contributed by atoms with Gasteiger partial charge >= 0.3 is 5.97 Å². The van der Waals surface area contributed by atoms with Gasteiger partial charge in [-0.15, -0.1) is 0 Å². The Morgan fingerprint density at radius 2 is 2.17 bits per heavy atom. The average molecular weight is 245 g/mol. The first kappa shape index (κ1) is 12.4. The SMILES string of the molecule is CCOC(=O)c1c(C)ncc2ccc(OC)cc12. The standard InChI is InChI=1S/C14H15NO3/c1-4-18-14(16)13-9(2)15-8-10-5-6-11(17-3)7-12(10)13/h5-8H,4H2,1-3H3. The molecule has 94 valence electrons. The highest BCUT2D eigenvalue weighted by Gasteiger charge is 2.15. The van der Waals surface area contributed by atoms with Gasteiger partial charge in [0.1, 0.15) is 5.75 Å². The van der Waals surface area contributed by atoms with Gasteiger partial charge in [-0.3, -0.25) is 4.98 Å². The van der Waals surface area contributed by atoms with Crippen LogP contribution in [0.25, 0.3) is 10.8 Å². The number of carbonyl (C=O) groups is 1. The fraction of sp³-hybridized carbons (Fsp3) is 0.286. The molecule has 4 heteroatoms. The predicted molar refractivity (Wildman–Crippen MR) is 69.0 cm³/mol. The van der Waals surface area contributed by atoms with E-state index in [1.807, 2.05) is 18.2 Å². The van der Waals surface area contributed by atoms with Crippen molar-refractivity contribution in [2.75, 3.05) is 13.7 Å². The highest BCUT2D eigenvalue weighted by atomic mass is 16.5. The number of methoxy groups -OCH3 is 1. The van der Waals surface area contributed by atoms with E-state index in [-0.39, 0.29) is 5.97 Å². The summed E-state index contributed by atoms with van der Waals surface area (Å²) in [5, 5.41) is 1.70. The molecule has 2 aromatic rings.